The van der Waals surface area contributed by atoms with Crippen molar-refractivity contribution in [1.29, 1.82) is 0 Å². The van der Waals surface area contributed by atoms with E-state index in [2.05, 4.69) is 15.2 Å². The molecule has 0 saturated carbocycles. The number of hydrogen-bond donors (Lipinski definition) is 1. The Labute approximate surface area is 124 Å². The molecule has 1 unspecified atom stereocenters. The summed E-state index contributed by atoms with van der Waals surface area (Å²) in [4.78, 5) is 31.3. The largest absolute Gasteiger partial charge is 0.368 e. The lowest BCUT2D eigenvalue weighted by molar-refractivity contribution is -0.141. The topological polar surface area (TPSA) is 65.5 Å². The van der Waals surface area contributed by atoms with Gasteiger partial charge in [-0.15, -0.1) is 0 Å². The van der Waals surface area contributed by atoms with Crippen molar-refractivity contribution in [2.45, 2.75) is 19.4 Å². The Bertz CT molecular complexity index is 528. The van der Waals surface area contributed by atoms with Crippen LogP contribution in [0, 0.1) is 5.92 Å². The molecule has 112 valence electrons. The van der Waals surface area contributed by atoms with E-state index in [1.807, 2.05) is 18.3 Å². The Morgan fingerprint density at radius 1 is 1.33 bits per heavy atom. The minimum absolute atomic E-state index is 0.0404. The number of nitrogens with one attached hydrogen (secondary N) is 1. The van der Waals surface area contributed by atoms with Gasteiger partial charge in [-0.25, -0.2) is 0 Å². The molecule has 1 aromatic heterocycles. The third-order valence-corrected chi connectivity index (χ3v) is 4.24. The number of nitrogens with zero attached hydrogens (tertiary/aromatic N) is 3. The average Bonchev–Trinajstić information content (AvgIpc) is 2.86. The first-order valence-corrected chi connectivity index (χ1v) is 7.34. The van der Waals surface area contributed by atoms with Crippen molar-refractivity contribution in [3.63, 3.8) is 0 Å². The molecule has 0 bridgehead atoms. The monoisotopic (exact) mass is 288 g/mol. The van der Waals surface area contributed by atoms with Crippen LogP contribution in [0.2, 0.25) is 0 Å². The highest BCUT2D eigenvalue weighted by Gasteiger charge is 2.35. The van der Waals surface area contributed by atoms with E-state index < -0.39 is 0 Å². The standard InChI is InChI=1S/C15H20N4O2/c1-11(20)19-8-12(9-19)15(21)17-13-4-6-18(10-13)14-3-2-5-16-7-14/h2-3,5,7,12-13H,4,6,8-10H2,1H3,(H,17,21). The molecule has 21 heavy (non-hydrogen) atoms. The number of rotatable bonds is 3. The van der Waals surface area contributed by atoms with Gasteiger partial charge in [0.25, 0.3) is 0 Å². The Hall–Kier alpha value is -2.11. The van der Waals surface area contributed by atoms with E-state index in [9.17, 15) is 9.59 Å². The van der Waals surface area contributed by atoms with Gasteiger partial charge < -0.3 is 15.1 Å². The summed E-state index contributed by atoms with van der Waals surface area (Å²) in [6.07, 6.45) is 4.56. The smallest absolute Gasteiger partial charge is 0.226 e. The van der Waals surface area contributed by atoms with Gasteiger partial charge in [-0.3, -0.25) is 14.6 Å². The highest BCUT2D eigenvalue weighted by Crippen LogP contribution is 2.20. The highest BCUT2D eigenvalue weighted by molar-refractivity contribution is 5.83. The van der Waals surface area contributed by atoms with Crippen LogP contribution in [0.1, 0.15) is 13.3 Å². The summed E-state index contributed by atoms with van der Waals surface area (Å²) in [5, 5.41) is 3.10. The number of hydrogen-bond acceptors (Lipinski definition) is 4. The van der Waals surface area contributed by atoms with Crippen molar-refractivity contribution >= 4 is 17.5 Å². The fraction of sp³-hybridized carbons (Fsp3) is 0.533. The summed E-state index contributed by atoms with van der Waals surface area (Å²) in [7, 11) is 0. The van der Waals surface area contributed by atoms with Crippen molar-refractivity contribution in [2.75, 3.05) is 31.1 Å². The van der Waals surface area contributed by atoms with Crippen LogP contribution in [0.5, 0.6) is 0 Å². The van der Waals surface area contributed by atoms with Crippen LogP contribution in [0.4, 0.5) is 5.69 Å². The number of pyridine rings is 1. The average molecular weight is 288 g/mol. The fourth-order valence-corrected chi connectivity index (χ4v) is 2.87. The van der Waals surface area contributed by atoms with Crippen molar-refractivity contribution in [1.82, 2.24) is 15.2 Å². The second kappa shape index (κ2) is 5.71. The molecule has 3 rings (SSSR count). The third kappa shape index (κ3) is 2.99. The van der Waals surface area contributed by atoms with Gasteiger partial charge in [0.1, 0.15) is 0 Å². The molecule has 0 aliphatic carbocycles. The lowest BCUT2D eigenvalue weighted by atomic mass is 9.98. The maximum atomic E-state index is 12.1. The van der Waals surface area contributed by atoms with Crippen LogP contribution < -0.4 is 10.2 Å². The number of amides is 2. The molecular formula is C15H20N4O2. The fourth-order valence-electron chi connectivity index (χ4n) is 2.87. The van der Waals surface area contributed by atoms with Crippen LogP contribution in [0.15, 0.2) is 24.5 Å². The lowest BCUT2D eigenvalue weighted by Gasteiger charge is -2.38. The van der Waals surface area contributed by atoms with Crippen molar-refractivity contribution < 1.29 is 9.59 Å². The number of aromatic nitrogens is 1. The molecule has 3 heterocycles. The van der Waals surface area contributed by atoms with Gasteiger partial charge in [-0.05, 0) is 18.6 Å². The van der Waals surface area contributed by atoms with Crippen molar-refractivity contribution in [2.24, 2.45) is 5.92 Å². The third-order valence-electron chi connectivity index (χ3n) is 4.24. The molecule has 1 atom stereocenters. The van der Waals surface area contributed by atoms with E-state index in [0.29, 0.717) is 13.1 Å². The van der Waals surface area contributed by atoms with E-state index in [0.717, 1.165) is 25.2 Å². The summed E-state index contributed by atoms with van der Waals surface area (Å²) in [5.74, 6) is 0.0783. The summed E-state index contributed by atoms with van der Waals surface area (Å²) in [6, 6.07) is 4.14. The van der Waals surface area contributed by atoms with Gasteiger partial charge in [0.2, 0.25) is 11.8 Å². The normalized spacial score (nSPS) is 22.0. The van der Waals surface area contributed by atoms with Gasteiger partial charge in [-0.2, -0.15) is 0 Å². The number of likely N-dealkylation sites (tertiary alicyclic amines) is 1. The molecule has 1 aromatic rings. The molecule has 0 radical (unpaired) electrons. The van der Waals surface area contributed by atoms with Crippen molar-refractivity contribution in [3.8, 4) is 0 Å². The summed E-state index contributed by atoms with van der Waals surface area (Å²) in [6.45, 7) is 4.40. The summed E-state index contributed by atoms with van der Waals surface area (Å²) in [5.41, 5.74) is 1.10. The number of carbonyl (C=O) groups is 2. The van der Waals surface area contributed by atoms with Gasteiger partial charge in [-0.1, -0.05) is 0 Å². The second-order valence-corrected chi connectivity index (χ2v) is 5.77. The minimum atomic E-state index is -0.0404. The zero-order chi connectivity index (χ0) is 14.8. The van der Waals surface area contributed by atoms with E-state index >= 15 is 0 Å². The molecule has 6 nitrogen and oxygen atoms in total. The van der Waals surface area contributed by atoms with Crippen LogP contribution >= 0.6 is 0 Å². The molecule has 2 aliphatic rings. The summed E-state index contributed by atoms with van der Waals surface area (Å²) < 4.78 is 0. The Kier molecular flexibility index (Phi) is 3.77. The molecule has 0 spiro atoms. The first kappa shape index (κ1) is 13.9. The molecule has 6 heteroatoms. The van der Waals surface area contributed by atoms with Crippen LogP contribution in [-0.2, 0) is 9.59 Å². The zero-order valence-electron chi connectivity index (χ0n) is 12.2. The first-order chi connectivity index (χ1) is 10.1. The predicted octanol–water partition coefficient (Wildman–Crippen LogP) is 0.255. The maximum Gasteiger partial charge on any atom is 0.226 e. The molecule has 2 amide bonds. The minimum Gasteiger partial charge on any atom is -0.368 e. The molecule has 2 aliphatic heterocycles. The Balaban J connectivity index is 1.47. The van der Waals surface area contributed by atoms with Gasteiger partial charge in [0.15, 0.2) is 0 Å². The van der Waals surface area contributed by atoms with E-state index in [4.69, 9.17) is 0 Å². The maximum absolute atomic E-state index is 12.1. The second-order valence-electron chi connectivity index (χ2n) is 5.77. The zero-order valence-corrected chi connectivity index (χ0v) is 12.2. The van der Waals surface area contributed by atoms with E-state index in [-0.39, 0.29) is 23.8 Å². The molecule has 1 N–H and O–H groups in total. The van der Waals surface area contributed by atoms with E-state index in [1.165, 1.54) is 6.92 Å². The Morgan fingerprint density at radius 3 is 2.81 bits per heavy atom. The molecule has 2 fully saturated rings. The quantitative estimate of drug-likeness (QED) is 0.866. The number of carbonyl (C=O) groups excluding carboxylic acids is 2. The SMILES string of the molecule is CC(=O)N1CC(C(=O)NC2CCN(c3cccnc3)C2)C1. The lowest BCUT2D eigenvalue weighted by Crippen LogP contribution is -2.56. The Morgan fingerprint density at radius 2 is 2.14 bits per heavy atom. The van der Waals surface area contributed by atoms with Gasteiger partial charge >= 0.3 is 0 Å². The predicted molar refractivity (Wildman–Crippen MR) is 78.7 cm³/mol. The van der Waals surface area contributed by atoms with Gasteiger partial charge in [0.05, 0.1) is 17.8 Å². The van der Waals surface area contributed by atoms with Gasteiger partial charge in [0, 0.05) is 45.3 Å². The van der Waals surface area contributed by atoms with Crippen molar-refractivity contribution in [3.05, 3.63) is 24.5 Å². The molecule has 2 saturated heterocycles. The number of anilines is 1. The highest BCUT2D eigenvalue weighted by atomic mass is 16.2. The van der Waals surface area contributed by atoms with Crippen LogP contribution in [0.3, 0.4) is 0 Å². The van der Waals surface area contributed by atoms with Crippen LogP contribution in [0.25, 0.3) is 0 Å². The molecule has 0 aromatic carbocycles. The summed E-state index contributed by atoms with van der Waals surface area (Å²) >= 11 is 0. The van der Waals surface area contributed by atoms with Crippen LogP contribution in [-0.4, -0.2) is 53.9 Å². The van der Waals surface area contributed by atoms with E-state index in [1.54, 1.807) is 11.1 Å². The molecular weight excluding hydrogens is 268 g/mol. The first-order valence-electron chi connectivity index (χ1n) is 7.34.